The second-order valence-corrected chi connectivity index (χ2v) is 14.6. The summed E-state index contributed by atoms with van der Waals surface area (Å²) in [6.45, 7) is 8.66. The van der Waals surface area contributed by atoms with E-state index in [9.17, 15) is 18.0 Å². The fraction of sp³-hybridized carbons (Fsp3) is 0.926. The Kier molecular flexibility index (Phi) is 7.29. The van der Waals surface area contributed by atoms with Gasteiger partial charge < -0.3 is 5.32 Å². The molecule has 34 heavy (non-hydrogen) atoms. The molecule has 4 rings (SSSR count). The molecule has 0 aliphatic heterocycles. The lowest BCUT2D eigenvalue weighted by Gasteiger charge is -2.60. The van der Waals surface area contributed by atoms with E-state index in [0.717, 1.165) is 43.4 Å². The minimum absolute atomic E-state index is 0.0519. The summed E-state index contributed by atoms with van der Waals surface area (Å²) in [5, 5.41) is 1.68. The van der Waals surface area contributed by atoms with Crippen molar-refractivity contribution in [2.24, 2.45) is 46.3 Å². The van der Waals surface area contributed by atoms with Gasteiger partial charge in [0.1, 0.15) is 11.0 Å². The first-order chi connectivity index (χ1) is 15.9. The number of amides is 1. The maximum absolute atomic E-state index is 12.3. The molecule has 4 saturated carbocycles. The standard InChI is InChI=1S/C27H45NO5S/c1-17(5-10-25(30)28-16-18(2)34(31,32)33)22-8-9-23-21-7-6-19-15-20(29)11-13-26(19,3)24(21)12-14-27(22,23)4/h17-19,21-24H,5-16H2,1-4H3,(H,28,30)(H,31,32,33). The molecule has 6 nitrogen and oxygen atoms in total. The maximum Gasteiger partial charge on any atom is 0.269 e. The third kappa shape index (κ3) is 4.72. The van der Waals surface area contributed by atoms with Crippen LogP contribution < -0.4 is 5.32 Å². The van der Waals surface area contributed by atoms with E-state index in [1.54, 1.807) is 0 Å². The number of carbonyl (C=O) groups excluding carboxylic acids is 2. The first-order valence-electron chi connectivity index (χ1n) is 13.6. The average molecular weight is 496 g/mol. The van der Waals surface area contributed by atoms with Crippen LogP contribution in [0.5, 0.6) is 0 Å². The van der Waals surface area contributed by atoms with Gasteiger partial charge >= 0.3 is 0 Å². The van der Waals surface area contributed by atoms with E-state index in [-0.39, 0.29) is 12.5 Å². The van der Waals surface area contributed by atoms with Gasteiger partial charge in [-0.15, -0.1) is 0 Å². The largest absolute Gasteiger partial charge is 0.355 e. The van der Waals surface area contributed by atoms with Crippen LogP contribution >= 0.6 is 0 Å². The zero-order chi connectivity index (χ0) is 24.9. The van der Waals surface area contributed by atoms with Gasteiger partial charge in [0.2, 0.25) is 5.91 Å². The van der Waals surface area contributed by atoms with Crippen molar-refractivity contribution in [3.05, 3.63) is 0 Å². The molecule has 1 amide bonds. The van der Waals surface area contributed by atoms with E-state index >= 15 is 0 Å². The summed E-state index contributed by atoms with van der Waals surface area (Å²) in [5.41, 5.74) is 0.684. The van der Waals surface area contributed by atoms with Gasteiger partial charge in [-0.25, -0.2) is 0 Å². The highest BCUT2D eigenvalue weighted by atomic mass is 32.2. The van der Waals surface area contributed by atoms with Crippen LogP contribution in [-0.2, 0) is 19.7 Å². The summed E-state index contributed by atoms with van der Waals surface area (Å²) in [5.74, 6) is 4.34. The van der Waals surface area contributed by atoms with Crippen LogP contribution in [0.4, 0.5) is 0 Å². The minimum atomic E-state index is -4.12. The Bertz CT molecular complexity index is 903. The molecule has 0 radical (unpaired) electrons. The molecule has 0 aromatic carbocycles. The van der Waals surface area contributed by atoms with Crippen molar-refractivity contribution in [1.82, 2.24) is 5.32 Å². The number of nitrogens with one attached hydrogen (secondary N) is 1. The van der Waals surface area contributed by atoms with Gasteiger partial charge in [0.25, 0.3) is 10.1 Å². The third-order valence-corrected chi connectivity index (χ3v) is 12.3. The smallest absolute Gasteiger partial charge is 0.269 e. The van der Waals surface area contributed by atoms with E-state index in [4.69, 9.17) is 4.55 Å². The zero-order valence-electron chi connectivity index (χ0n) is 21.5. The normalized spacial score (nSPS) is 41.7. The van der Waals surface area contributed by atoms with Crippen molar-refractivity contribution in [3.8, 4) is 0 Å². The van der Waals surface area contributed by atoms with Crippen molar-refractivity contribution in [1.29, 1.82) is 0 Å². The minimum Gasteiger partial charge on any atom is -0.355 e. The number of fused-ring (bicyclic) bond motifs is 5. The molecule has 0 heterocycles. The van der Waals surface area contributed by atoms with Gasteiger partial charge in [-0.2, -0.15) is 8.42 Å². The highest BCUT2D eigenvalue weighted by molar-refractivity contribution is 7.86. The first-order valence-corrected chi connectivity index (χ1v) is 15.1. The Labute approximate surface area is 206 Å². The van der Waals surface area contributed by atoms with E-state index in [2.05, 4.69) is 26.1 Å². The molecule has 2 N–H and O–H groups in total. The zero-order valence-corrected chi connectivity index (χ0v) is 22.3. The van der Waals surface area contributed by atoms with Crippen LogP contribution in [0.2, 0.25) is 0 Å². The molecular weight excluding hydrogens is 450 g/mol. The summed E-state index contributed by atoms with van der Waals surface area (Å²) in [7, 11) is -4.12. The van der Waals surface area contributed by atoms with E-state index < -0.39 is 15.4 Å². The summed E-state index contributed by atoms with van der Waals surface area (Å²) in [4.78, 5) is 24.5. The SMILES string of the molecule is CC(CCC(=O)NCC(C)S(=O)(=O)O)C1CCC2C3CCC4CC(=O)CCC4(C)C3CCC12C. The lowest BCUT2D eigenvalue weighted by molar-refractivity contribution is -0.140. The van der Waals surface area contributed by atoms with Gasteiger partial charge in [-0.3, -0.25) is 14.1 Å². The monoisotopic (exact) mass is 495 g/mol. The molecule has 0 spiro atoms. The Morgan fingerprint density at radius 1 is 1.06 bits per heavy atom. The van der Waals surface area contributed by atoms with Crippen LogP contribution in [0.3, 0.4) is 0 Å². The van der Waals surface area contributed by atoms with Crippen LogP contribution in [0.15, 0.2) is 0 Å². The Morgan fingerprint density at radius 3 is 2.47 bits per heavy atom. The predicted octanol–water partition coefficient (Wildman–Crippen LogP) is 5.02. The molecule has 4 fully saturated rings. The highest BCUT2D eigenvalue weighted by Gasteiger charge is 2.60. The molecule has 0 bridgehead atoms. The fourth-order valence-electron chi connectivity index (χ4n) is 9.03. The Morgan fingerprint density at radius 2 is 1.76 bits per heavy atom. The second-order valence-electron chi connectivity index (χ2n) is 12.8. The number of carbonyl (C=O) groups is 2. The lowest BCUT2D eigenvalue weighted by Crippen LogP contribution is -2.53. The average Bonchev–Trinajstić information content (AvgIpc) is 3.13. The van der Waals surface area contributed by atoms with Crippen molar-refractivity contribution >= 4 is 21.8 Å². The van der Waals surface area contributed by atoms with Gasteiger partial charge in [0, 0.05) is 25.8 Å². The molecule has 9 atom stereocenters. The molecule has 7 heteroatoms. The van der Waals surface area contributed by atoms with Crippen LogP contribution in [0.1, 0.15) is 98.3 Å². The van der Waals surface area contributed by atoms with E-state index in [0.29, 0.717) is 40.8 Å². The molecule has 0 saturated heterocycles. The quantitative estimate of drug-likeness (QED) is 0.483. The first kappa shape index (κ1) is 26.1. The molecule has 9 unspecified atom stereocenters. The molecule has 194 valence electrons. The summed E-state index contributed by atoms with van der Waals surface area (Å²) in [6.07, 6.45) is 11.5. The van der Waals surface area contributed by atoms with Gasteiger partial charge in [-0.1, -0.05) is 20.8 Å². The maximum atomic E-state index is 12.3. The third-order valence-electron chi connectivity index (χ3n) is 11.2. The molecule has 4 aliphatic rings. The predicted molar refractivity (Wildman–Crippen MR) is 133 cm³/mol. The van der Waals surface area contributed by atoms with Gasteiger partial charge in [-0.05, 0) is 105 Å². The van der Waals surface area contributed by atoms with E-state index in [1.807, 2.05) is 0 Å². The number of rotatable bonds is 7. The van der Waals surface area contributed by atoms with Crippen LogP contribution in [0, 0.1) is 46.3 Å². The summed E-state index contributed by atoms with van der Waals surface area (Å²) >= 11 is 0. The topological polar surface area (TPSA) is 101 Å². The number of ketones is 1. The summed E-state index contributed by atoms with van der Waals surface area (Å²) < 4.78 is 31.4. The van der Waals surface area contributed by atoms with E-state index in [1.165, 1.54) is 45.4 Å². The second kappa shape index (κ2) is 9.49. The van der Waals surface area contributed by atoms with Crippen molar-refractivity contribution in [2.45, 2.75) is 104 Å². The summed E-state index contributed by atoms with van der Waals surface area (Å²) in [6, 6.07) is 0. The van der Waals surface area contributed by atoms with Crippen molar-refractivity contribution in [2.75, 3.05) is 6.54 Å². The van der Waals surface area contributed by atoms with Gasteiger partial charge in [0.15, 0.2) is 0 Å². The number of hydrogen-bond donors (Lipinski definition) is 2. The molecule has 0 aromatic heterocycles. The Balaban J connectivity index is 1.35. The lowest BCUT2D eigenvalue weighted by atomic mass is 9.44. The number of hydrogen-bond acceptors (Lipinski definition) is 4. The Hall–Kier alpha value is -0.950. The highest BCUT2D eigenvalue weighted by Crippen LogP contribution is 2.68. The van der Waals surface area contributed by atoms with Crippen LogP contribution in [0.25, 0.3) is 0 Å². The van der Waals surface area contributed by atoms with Crippen molar-refractivity contribution < 1.29 is 22.6 Å². The van der Waals surface area contributed by atoms with Crippen molar-refractivity contribution in [3.63, 3.8) is 0 Å². The van der Waals surface area contributed by atoms with Gasteiger partial charge in [0.05, 0.1) is 0 Å². The number of Topliss-reactive ketones (excluding diaryl/α,β-unsaturated/α-hetero) is 1. The molecule has 0 aromatic rings. The molecule has 4 aliphatic carbocycles. The fourth-order valence-corrected chi connectivity index (χ4v) is 9.33. The van der Waals surface area contributed by atoms with Crippen LogP contribution in [-0.4, -0.2) is 36.5 Å². The molecular formula is C27H45NO5S.